The number of oxazole rings is 1. The van der Waals surface area contributed by atoms with E-state index in [4.69, 9.17) is 14.1 Å². The fourth-order valence-corrected chi connectivity index (χ4v) is 5.65. The van der Waals surface area contributed by atoms with Gasteiger partial charge in [0.1, 0.15) is 11.5 Å². The number of hydrogen-bond acceptors (Lipinski definition) is 5. The third-order valence-corrected chi connectivity index (χ3v) is 6.85. The van der Waals surface area contributed by atoms with E-state index in [1.165, 1.54) is 11.1 Å². The summed E-state index contributed by atoms with van der Waals surface area (Å²) in [7, 11) is 1.67. The Labute approximate surface area is 160 Å². The second kappa shape index (κ2) is 5.85. The molecule has 27 heavy (non-hydrogen) atoms. The highest BCUT2D eigenvalue weighted by molar-refractivity contribution is 6.01. The van der Waals surface area contributed by atoms with Crippen molar-refractivity contribution in [2.45, 2.75) is 64.7 Å². The van der Waals surface area contributed by atoms with Gasteiger partial charge in [0, 0.05) is 29.7 Å². The molecule has 0 amide bonds. The minimum atomic E-state index is -0.0737. The Bertz CT molecular complexity index is 941. The lowest BCUT2D eigenvalue weighted by Gasteiger charge is -2.52. The Kier molecular flexibility index (Phi) is 3.92. The number of ether oxygens (including phenoxy) is 1. The van der Waals surface area contributed by atoms with Crippen LogP contribution in [0.1, 0.15) is 68.2 Å². The summed E-state index contributed by atoms with van der Waals surface area (Å²) in [5.74, 6) is 3.02. The molecule has 4 rings (SSSR count). The lowest BCUT2D eigenvalue weighted by Crippen LogP contribution is -2.51. The first-order valence-electron chi connectivity index (χ1n) is 9.59. The molecule has 2 aliphatic carbocycles. The van der Waals surface area contributed by atoms with E-state index in [2.05, 4.69) is 38.1 Å². The van der Waals surface area contributed by atoms with Crippen LogP contribution in [-0.4, -0.2) is 23.0 Å². The van der Waals surface area contributed by atoms with Crippen LogP contribution in [0.25, 0.3) is 0 Å². The number of hydrogen-bond donors (Lipinski definition) is 1. The van der Waals surface area contributed by atoms with Crippen LogP contribution in [0, 0.1) is 12.8 Å². The number of fused-ring (bicyclic) bond motifs is 4. The van der Waals surface area contributed by atoms with Gasteiger partial charge in [-0.3, -0.25) is 0 Å². The summed E-state index contributed by atoms with van der Waals surface area (Å²) in [5, 5.41) is 12.6. The lowest BCUT2D eigenvalue weighted by atomic mass is 9.51. The van der Waals surface area contributed by atoms with E-state index in [-0.39, 0.29) is 10.8 Å². The van der Waals surface area contributed by atoms with E-state index in [1.807, 2.05) is 6.92 Å². The first kappa shape index (κ1) is 18.1. The SMILES string of the molecule is COc1cc2c(cc1/C(C)=N/O)CC[C@H]1C(C)(C)c3oc(C)nc3C[C@]21C. The Morgan fingerprint density at radius 3 is 2.74 bits per heavy atom. The van der Waals surface area contributed by atoms with Crippen LogP contribution in [0.4, 0.5) is 0 Å². The van der Waals surface area contributed by atoms with Crippen LogP contribution in [0.5, 0.6) is 5.75 Å². The summed E-state index contributed by atoms with van der Waals surface area (Å²) < 4.78 is 11.7. The van der Waals surface area contributed by atoms with Gasteiger partial charge in [0.05, 0.1) is 18.5 Å². The molecule has 2 aliphatic rings. The van der Waals surface area contributed by atoms with E-state index in [1.54, 1.807) is 14.0 Å². The highest BCUT2D eigenvalue weighted by atomic mass is 16.5. The van der Waals surface area contributed by atoms with Gasteiger partial charge in [-0.2, -0.15) is 0 Å². The molecule has 0 aliphatic heterocycles. The standard InChI is InChI=1S/C22H28N2O3/c1-12(24-25)15-9-14-7-8-19-21(3,4)20-17(23-13(2)27-20)11-22(19,5)16(14)10-18(15)26-6/h9-10,19,25H,7-8,11H2,1-6H3/b24-12+/t19-,22+/m0/s1. The van der Waals surface area contributed by atoms with Crippen LogP contribution in [0.15, 0.2) is 21.7 Å². The van der Waals surface area contributed by atoms with Crippen LogP contribution in [0.3, 0.4) is 0 Å². The molecule has 1 heterocycles. The van der Waals surface area contributed by atoms with E-state index in [9.17, 15) is 5.21 Å². The molecule has 2 atom stereocenters. The predicted molar refractivity (Wildman–Crippen MR) is 104 cm³/mol. The van der Waals surface area contributed by atoms with E-state index in [0.717, 1.165) is 47.9 Å². The highest BCUT2D eigenvalue weighted by Crippen LogP contribution is 2.56. The molecule has 2 aromatic rings. The molecule has 1 N–H and O–H groups in total. The molecule has 1 aromatic carbocycles. The van der Waals surface area contributed by atoms with Crippen LogP contribution < -0.4 is 4.74 Å². The van der Waals surface area contributed by atoms with Crippen molar-refractivity contribution in [3.63, 3.8) is 0 Å². The number of oxime groups is 1. The number of benzene rings is 1. The van der Waals surface area contributed by atoms with Crippen molar-refractivity contribution in [3.8, 4) is 5.75 Å². The summed E-state index contributed by atoms with van der Waals surface area (Å²) >= 11 is 0. The molecule has 0 bridgehead atoms. The molecule has 0 fully saturated rings. The normalized spacial score (nSPS) is 26.1. The second-order valence-electron chi connectivity index (χ2n) is 8.81. The molecule has 5 heteroatoms. The maximum atomic E-state index is 9.24. The molecular weight excluding hydrogens is 340 g/mol. The van der Waals surface area contributed by atoms with Crippen molar-refractivity contribution in [1.29, 1.82) is 0 Å². The van der Waals surface area contributed by atoms with Crippen LogP contribution in [0.2, 0.25) is 0 Å². The zero-order chi connectivity index (χ0) is 19.6. The zero-order valence-corrected chi connectivity index (χ0v) is 17.0. The quantitative estimate of drug-likeness (QED) is 0.480. The zero-order valence-electron chi connectivity index (χ0n) is 17.0. The van der Waals surface area contributed by atoms with Crippen molar-refractivity contribution < 1.29 is 14.4 Å². The van der Waals surface area contributed by atoms with Gasteiger partial charge in [-0.05, 0) is 48.9 Å². The number of nitrogens with zero attached hydrogens (tertiary/aromatic N) is 2. The summed E-state index contributed by atoms with van der Waals surface area (Å²) in [4.78, 5) is 4.71. The topological polar surface area (TPSA) is 67.8 Å². The molecule has 0 saturated heterocycles. The van der Waals surface area contributed by atoms with E-state index >= 15 is 0 Å². The van der Waals surface area contributed by atoms with E-state index in [0.29, 0.717) is 11.6 Å². The maximum absolute atomic E-state index is 9.24. The molecule has 144 valence electrons. The summed E-state index contributed by atoms with van der Waals surface area (Å²) in [6.45, 7) is 10.7. The molecule has 1 aromatic heterocycles. The average molecular weight is 368 g/mol. The van der Waals surface area contributed by atoms with Crippen molar-refractivity contribution in [2.75, 3.05) is 7.11 Å². The van der Waals surface area contributed by atoms with Crippen LogP contribution in [-0.2, 0) is 23.7 Å². The largest absolute Gasteiger partial charge is 0.496 e. The monoisotopic (exact) mass is 368 g/mol. The number of aromatic nitrogens is 1. The van der Waals surface area contributed by atoms with Crippen molar-refractivity contribution in [1.82, 2.24) is 4.98 Å². The van der Waals surface area contributed by atoms with Gasteiger partial charge >= 0.3 is 0 Å². The first-order valence-corrected chi connectivity index (χ1v) is 9.59. The average Bonchev–Trinajstić information content (AvgIpc) is 3.00. The fourth-order valence-electron chi connectivity index (χ4n) is 5.65. The number of rotatable bonds is 2. The van der Waals surface area contributed by atoms with Gasteiger partial charge in [0.2, 0.25) is 0 Å². The lowest BCUT2D eigenvalue weighted by molar-refractivity contribution is 0.117. The third kappa shape index (κ3) is 2.43. The molecule has 0 saturated carbocycles. The van der Waals surface area contributed by atoms with Crippen molar-refractivity contribution in [3.05, 3.63) is 46.2 Å². The molecule has 0 spiro atoms. The van der Waals surface area contributed by atoms with Crippen LogP contribution >= 0.6 is 0 Å². The molecular formula is C22H28N2O3. The highest BCUT2D eigenvalue weighted by Gasteiger charge is 2.54. The van der Waals surface area contributed by atoms with Gasteiger partial charge in [0.15, 0.2) is 5.89 Å². The smallest absolute Gasteiger partial charge is 0.191 e. The molecule has 0 unspecified atom stereocenters. The van der Waals surface area contributed by atoms with Crippen molar-refractivity contribution in [2.24, 2.45) is 11.1 Å². The summed E-state index contributed by atoms with van der Waals surface area (Å²) in [5.41, 5.74) is 5.03. The first-order chi connectivity index (χ1) is 12.7. The van der Waals surface area contributed by atoms with Gasteiger partial charge < -0.3 is 14.4 Å². The second-order valence-corrected chi connectivity index (χ2v) is 8.81. The van der Waals surface area contributed by atoms with Gasteiger partial charge in [0.25, 0.3) is 0 Å². The Morgan fingerprint density at radius 2 is 2.07 bits per heavy atom. The van der Waals surface area contributed by atoms with Gasteiger partial charge in [-0.1, -0.05) is 25.9 Å². The summed E-state index contributed by atoms with van der Waals surface area (Å²) in [6.07, 6.45) is 2.96. The minimum Gasteiger partial charge on any atom is -0.496 e. The van der Waals surface area contributed by atoms with Gasteiger partial charge in [-0.25, -0.2) is 4.98 Å². The minimum absolute atomic E-state index is 0.0382. The number of aryl methyl sites for hydroxylation is 2. The molecule has 5 nitrogen and oxygen atoms in total. The Hall–Kier alpha value is -2.30. The maximum Gasteiger partial charge on any atom is 0.191 e. The molecule has 0 radical (unpaired) electrons. The van der Waals surface area contributed by atoms with Gasteiger partial charge in [-0.15, -0.1) is 0 Å². The fraction of sp³-hybridized carbons (Fsp3) is 0.545. The van der Waals surface area contributed by atoms with E-state index < -0.39 is 0 Å². The predicted octanol–water partition coefficient (Wildman–Crippen LogP) is 4.54. The summed E-state index contributed by atoms with van der Waals surface area (Å²) in [6, 6.07) is 4.29. The van der Waals surface area contributed by atoms with Crippen molar-refractivity contribution >= 4 is 5.71 Å². The number of methoxy groups -OCH3 is 1. The Morgan fingerprint density at radius 1 is 1.33 bits per heavy atom. The third-order valence-electron chi connectivity index (χ3n) is 6.85. The Balaban J connectivity index is 1.92.